The molecule has 2 saturated heterocycles. The number of rotatable bonds is 39. The molecule has 5 aromatic rings. The molecule has 109 heavy (non-hydrogen) atoms. The molecule has 0 aromatic heterocycles. The van der Waals surface area contributed by atoms with Gasteiger partial charge in [-0.3, -0.25) is 79.3 Å². The summed E-state index contributed by atoms with van der Waals surface area (Å²) >= 11 is 2.68. The second-order valence-corrected chi connectivity index (χ2v) is 27.0. The van der Waals surface area contributed by atoms with E-state index >= 15 is 0 Å². The fourth-order valence-electron chi connectivity index (χ4n) is 11.5. The number of carbonyl (C=O) groups excluding carboxylic acids is 6. The summed E-state index contributed by atoms with van der Waals surface area (Å²) in [5, 5.41) is 161. The number of amides is 6. The van der Waals surface area contributed by atoms with Gasteiger partial charge in [0.15, 0.2) is 0 Å². The van der Waals surface area contributed by atoms with Gasteiger partial charge in [0, 0.05) is 105 Å². The molecule has 7 rings (SSSR count). The number of nitro benzene ring substituents is 5. The van der Waals surface area contributed by atoms with Gasteiger partial charge in [-0.25, -0.2) is 9.59 Å². The summed E-state index contributed by atoms with van der Waals surface area (Å²) in [6.45, 7) is 0.352. The second-order valence-electron chi connectivity index (χ2n) is 24.5. The number of carboxylic acids is 2. The summed E-state index contributed by atoms with van der Waals surface area (Å²) in [5.74, 6) is -11.6. The molecule has 0 aliphatic carbocycles. The zero-order valence-electron chi connectivity index (χ0n) is 57.6. The number of nitrogens with zero attached hydrogens (tertiary/aromatic N) is 5. The number of carbonyl (C=O) groups is 8. The van der Waals surface area contributed by atoms with Gasteiger partial charge in [-0.05, 0) is 90.6 Å². The number of hydrogen-bond acceptors (Lipinski definition) is 30. The molecule has 2 fully saturated rings. The van der Waals surface area contributed by atoms with E-state index in [2.05, 4.69) is 31.9 Å². The average molecular weight is 1570 g/mol. The summed E-state index contributed by atoms with van der Waals surface area (Å²) in [6, 6.07) is 16.1. The molecule has 2 aliphatic rings. The molecule has 12 atom stereocenters. The molecule has 5 aromatic carbocycles. The number of aliphatic hydroxyl groups excluding tert-OH is 6. The van der Waals surface area contributed by atoms with Crippen molar-refractivity contribution in [3.63, 3.8) is 0 Å². The minimum Gasteiger partial charge on any atom is -0.477 e. The SMILES string of the molecule is CC(=O)N[C@H]1[C@H]([C@H](O)[C@H](O)CNC(=O)c2ccc(-c3ccc([N+](=O)[O-])cc3[N+](=O)[O-])cc2)O[C@@](OCCCSCCNC(=O)c2ccc(C(=O)NCCSCCCO[C@]3(C(=O)O)C[C@H](O)[C@@H](NC(C)=O)[C@H]([C@H](O)[C@@H](O)CNC(=O)c4ccc(-c5ccc([N+](=O)[O-])cc5[N+](=O)[O-])c([N+](=O)[O-])c4)O3)cc2)(C(=O)O)C[C@@H]1O. The highest BCUT2D eigenvalue weighted by Gasteiger charge is 2.57. The largest absolute Gasteiger partial charge is 0.477 e. The molecule has 41 nitrogen and oxygen atoms in total. The molecule has 0 unspecified atom stereocenters. The van der Waals surface area contributed by atoms with Crippen molar-refractivity contribution in [3.05, 3.63) is 176 Å². The average Bonchev–Trinajstić information content (AvgIpc) is 0.777. The Morgan fingerprint density at radius 2 is 0.817 bits per heavy atom. The maximum atomic E-state index is 13.3. The van der Waals surface area contributed by atoms with E-state index in [0.717, 1.165) is 56.3 Å². The van der Waals surface area contributed by atoms with Crippen LogP contribution in [-0.2, 0) is 38.1 Å². The molecule has 0 spiro atoms. The summed E-state index contributed by atoms with van der Waals surface area (Å²) in [7, 11) is 0. The molecule has 2 heterocycles. The number of benzene rings is 5. The van der Waals surface area contributed by atoms with Crippen LogP contribution < -0.4 is 31.9 Å². The van der Waals surface area contributed by atoms with E-state index in [1.807, 2.05) is 0 Å². The Balaban J connectivity index is 0.801. The predicted octanol–water partition coefficient (Wildman–Crippen LogP) is 1.48. The maximum Gasteiger partial charge on any atom is 0.364 e. The molecular formula is C66H75N11O30S2. The van der Waals surface area contributed by atoms with Crippen molar-refractivity contribution >= 4 is 99.3 Å². The fourth-order valence-corrected chi connectivity index (χ4v) is 13.1. The quantitative estimate of drug-likeness (QED) is 0.0150. The van der Waals surface area contributed by atoms with E-state index in [1.54, 1.807) is 0 Å². The molecule has 2 aliphatic heterocycles. The molecule has 0 saturated carbocycles. The number of nitrogens with one attached hydrogen (secondary N) is 6. The smallest absolute Gasteiger partial charge is 0.364 e. The van der Waals surface area contributed by atoms with E-state index in [1.165, 1.54) is 78.1 Å². The first-order chi connectivity index (χ1) is 51.6. The van der Waals surface area contributed by atoms with Crippen LogP contribution in [0, 0.1) is 50.6 Å². The van der Waals surface area contributed by atoms with Crippen LogP contribution in [0.5, 0.6) is 0 Å². The zero-order valence-corrected chi connectivity index (χ0v) is 59.2. The third kappa shape index (κ3) is 22.4. The number of carboxylic acid groups (broad SMARTS) is 2. The van der Waals surface area contributed by atoms with E-state index in [0.29, 0.717) is 29.1 Å². The molecule has 0 bridgehead atoms. The van der Waals surface area contributed by atoms with Gasteiger partial charge >= 0.3 is 11.9 Å². The molecule has 0 radical (unpaired) electrons. The minimum atomic E-state index is -2.66. The number of nitro groups is 5. The Labute approximate surface area is 624 Å². The Bertz CT molecular complexity index is 4220. The van der Waals surface area contributed by atoms with Crippen molar-refractivity contribution in [1.82, 2.24) is 31.9 Å². The fraction of sp³-hybridized carbons (Fsp3) is 0.424. The van der Waals surface area contributed by atoms with Crippen molar-refractivity contribution in [2.45, 2.75) is 112 Å². The highest BCUT2D eigenvalue weighted by Crippen LogP contribution is 2.40. The Kier molecular flexibility index (Phi) is 30.4. The third-order valence-corrected chi connectivity index (χ3v) is 19.1. The number of non-ortho nitro benzene ring substituents is 2. The number of aliphatic hydroxyl groups is 6. The van der Waals surface area contributed by atoms with Crippen LogP contribution in [0.15, 0.2) is 103 Å². The van der Waals surface area contributed by atoms with Gasteiger partial charge in [-0.1, -0.05) is 12.1 Å². The van der Waals surface area contributed by atoms with E-state index in [9.17, 15) is 130 Å². The van der Waals surface area contributed by atoms with Crippen molar-refractivity contribution in [2.24, 2.45) is 0 Å². The number of hydrogen-bond donors (Lipinski definition) is 14. The van der Waals surface area contributed by atoms with E-state index in [-0.39, 0.29) is 78.1 Å². The van der Waals surface area contributed by atoms with Gasteiger partial charge in [0.2, 0.25) is 11.8 Å². The van der Waals surface area contributed by atoms with Gasteiger partial charge in [0.1, 0.15) is 24.4 Å². The monoisotopic (exact) mass is 1570 g/mol. The second kappa shape index (κ2) is 38.8. The van der Waals surface area contributed by atoms with Crippen LogP contribution in [0.4, 0.5) is 28.4 Å². The van der Waals surface area contributed by atoms with Crippen molar-refractivity contribution in [1.29, 1.82) is 0 Å². The van der Waals surface area contributed by atoms with Crippen LogP contribution in [0.1, 0.15) is 81.0 Å². The zero-order chi connectivity index (χ0) is 80.2. The summed E-state index contributed by atoms with van der Waals surface area (Å²) in [4.78, 5) is 156. The lowest BCUT2D eigenvalue weighted by molar-refractivity contribution is -0.394. The lowest BCUT2D eigenvalue weighted by Gasteiger charge is -2.46. The first-order valence-corrected chi connectivity index (χ1v) is 35.3. The molecule has 586 valence electrons. The van der Waals surface area contributed by atoms with Crippen LogP contribution >= 0.6 is 23.5 Å². The van der Waals surface area contributed by atoms with Crippen LogP contribution in [-0.4, -0.2) is 248 Å². The molecule has 43 heteroatoms. The highest BCUT2D eigenvalue weighted by atomic mass is 32.2. The van der Waals surface area contributed by atoms with Gasteiger partial charge in [0.05, 0.1) is 103 Å². The lowest BCUT2D eigenvalue weighted by Crippen LogP contribution is -2.68. The summed E-state index contributed by atoms with van der Waals surface area (Å²) in [6.07, 6.45) is -16.6. The van der Waals surface area contributed by atoms with Gasteiger partial charge < -0.3 is 91.7 Å². The predicted molar refractivity (Wildman–Crippen MR) is 380 cm³/mol. The van der Waals surface area contributed by atoms with Crippen molar-refractivity contribution < 1.29 is 123 Å². The van der Waals surface area contributed by atoms with Gasteiger partial charge in [-0.2, -0.15) is 23.5 Å². The van der Waals surface area contributed by atoms with E-state index < -0.39 is 204 Å². The topological polar surface area (TPSA) is 623 Å². The minimum absolute atomic E-state index is 0.0179. The number of aliphatic carboxylic acids is 2. The Hall–Kier alpha value is -10.8. The molecular weight excluding hydrogens is 1490 g/mol. The first kappa shape index (κ1) is 85.4. The molecule has 6 amide bonds. The molecule has 14 N–H and O–H groups in total. The van der Waals surface area contributed by atoms with E-state index in [4.69, 9.17) is 18.9 Å². The van der Waals surface area contributed by atoms with Crippen LogP contribution in [0.25, 0.3) is 22.3 Å². The maximum absolute atomic E-state index is 13.3. The van der Waals surface area contributed by atoms with Gasteiger partial charge in [0.25, 0.3) is 63.6 Å². The highest BCUT2D eigenvalue weighted by molar-refractivity contribution is 7.99. The standard InChI is InChI=1S/C66H75N11O30S2/c1-34(78)71-53-49(80)30-65(63(90)91,106-57(53)55(84)51(82)32-69-61(88)39-7-5-36(6-8-39)43-17-14-41(73(94)95)28-47(43)76(100)101)104-21-3-23-108-25-19-67-59(86)37-9-11-38(12-10-37)60(87)68-20-26-109-24-4-22-105-66(64(92)93)31-50(81)54(72-35(2)79)58(107-66)56(85)52(83)33-70-62(89)40-13-16-44(46(27-40)75(98)99)45-18-15-42(74(96)97)29-48(45)77(102)103/h5-18,27-29,49-58,80-85H,3-4,19-26,30-33H2,1-2H3,(H,67,86)(H,68,87)(H,69,88)(H,70,89)(H,71,78)(H,72,79)(H,90,91)(H,92,93)/t49-,50-,51+,52-,53+,54+,55+,56+,57+,58+,65+,66+/m0/s1. The first-order valence-electron chi connectivity index (χ1n) is 32.9. The van der Waals surface area contributed by atoms with Gasteiger partial charge in [-0.15, -0.1) is 0 Å². The normalized spacial score (nSPS) is 20.7. The van der Waals surface area contributed by atoms with Crippen molar-refractivity contribution in [2.75, 3.05) is 62.4 Å². The third-order valence-electron chi connectivity index (χ3n) is 16.9. The van der Waals surface area contributed by atoms with Crippen LogP contribution in [0.3, 0.4) is 0 Å². The lowest BCUT2D eigenvalue weighted by atomic mass is 9.88. The van der Waals surface area contributed by atoms with Crippen LogP contribution in [0.2, 0.25) is 0 Å². The Morgan fingerprint density at radius 3 is 1.19 bits per heavy atom. The Morgan fingerprint density at radius 1 is 0.477 bits per heavy atom. The number of ether oxygens (including phenoxy) is 4. The summed E-state index contributed by atoms with van der Waals surface area (Å²) < 4.78 is 22.9. The number of thioether (sulfide) groups is 2. The van der Waals surface area contributed by atoms with Crippen molar-refractivity contribution in [3.8, 4) is 22.3 Å². The summed E-state index contributed by atoms with van der Waals surface area (Å²) in [5.41, 5.74) is -3.91.